The number of H-pyrrole nitrogens is 1. The number of carbonyl (C=O) groups is 1. The molecular formula is C10H17N3O. The molecule has 0 aliphatic rings. The van der Waals surface area contributed by atoms with Crippen LogP contribution in [0.4, 0.5) is 5.82 Å². The zero-order chi connectivity index (χ0) is 10.6. The van der Waals surface area contributed by atoms with Crippen LogP contribution in [-0.4, -0.2) is 16.1 Å². The van der Waals surface area contributed by atoms with Gasteiger partial charge >= 0.3 is 0 Å². The number of nitrogens with one attached hydrogen (secondary N) is 2. The van der Waals surface area contributed by atoms with Crippen molar-refractivity contribution in [3.63, 3.8) is 0 Å². The molecule has 78 valence electrons. The highest BCUT2D eigenvalue weighted by molar-refractivity contribution is 5.90. The van der Waals surface area contributed by atoms with E-state index in [0.717, 1.165) is 17.8 Å². The monoisotopic (exact) mass is 195 g/mol. The first-order valence-corrected chi connectivity index (χ1v) is 4.95. The molecule has 0 saturated heterocycles. The summed E-state index contributed by atoms with van der Waals surface area (Å²) in [6.45, 7) is 6.07. The Labute approximate surface area is 84.1 Å². The van der Waals surface area contributed by atoms with Gasteiger partial charge in [0.05, 0.1) is 6.20 Å². The molecule has 1 amide bonds. The van der Waals surface area contributed by atoms with Crippen LogP contribution in [0.5, 0.6) is 0 Å². The SMILES string of the molecule is CCc1cn[nH]c1NC(=O)CC(C)C. The van der Waals surface area contributed by atoms with Gasteiger partial charge in [0.1, 0.15) is 5.82 Å². The summed E-state index contributed by atoms with van der Waals surface area (Å²) in [5, 5.41) is 9.48. The van der Waals surface area contributed by atoms with Gasteiger partial charge in [-0.1, -0.05) is 20.8 Å². The Balaban J connectivity index is 2.55. The number of nitrogens with zero attached hydrogens (tertiary/aromatic N) is 1. The van der Waals surface area contributed by atoms with Crippen LogP contribution in [0.3, 0.4) is 0 Å². The smallest absolute Gasteiger partial charge is 0.225 e. The van der Waals surface area contributed by atoms with Crippen molar-refractivity contribution in [2.45, 2.75) is 33.6 Å². The molecule has 0 saturated carbocycles. The van der Waals surface area contributed by atoms with E-state index in [1.165, 1.54) is 0 Å². The Morgan fingerprint density at radius 2 is 2.36 bits per heavy atom. The molecule has 14 heavy (non-hydrogen) atoms. The second-order valence-electron chi connectivity index (χ2n) is 3.77. The van der Waals surface area contributed by atoms with Gasteiger partial charge in [0.2, 0.25) is 5.91 Å². The molecule has 2 N–H and O–H groups in total. The summed E-state index contributed by atoms with van der Waals surface area (Å²) in [5.41, 5.74) is 1.04. The molecule has 4 nitrogen and oxygen atoms in total. The number of anilines is 1. The fourth-order valence-corrected chi connectivity index (χ4v) is 1.25. The number of aromatic amines is 1. The number of hydrogen-bond acceptors (Lipinski definition) is 2. The molecule has 0 bridgehead atoms. The summed E-state index contributed by atoms with van der Waals surface area (Å²) < 4.78 is 0. The third-order valence-electron chi connectivity index (χ3n) is 1.96. The van der Waals surface area contributed by atoms with Crippen molar-refractivity contribution in [3.8, 4) is 0 Å². The van der Waals surface area contributed by atoms with Crippen LogP contribution in [0, 0.1) is 5.92 Å². The summed E-state index contributed by atoms with van der Waals surface area (Å²) >= 11 is 0. The van der Waals surface area contributed by atoms with Crippen molar-refractivity contribution in [2.24, 2.45) is 5.92 Å². The van der Waals surface area contributed by atoms with Crippen LogP contribution in [0.2, 0.25) is 0 Å². The molecule has 0 atom stereocenters. The van der Waals surface area contributed by atoms with E-state index in [1.54, 1.807) is 6.20 Å². The van der Waals surface area contributed by atoms with Crippen molar-refractivity contribution in [1.29, 1.82) is 0 Å². The van der Waals surface area contributed by atoms with Gasteiger partial charge in [-0.05, 0) is 12.3 Å². The standard InChI is InChI=1S/C10H17N3O/c1-4-8-6-11-13-10(8)12-9(14)5-7(2)3/h6-7H,4-5H2,1-3H3,(H2,11,12,13,14). The lowest BCUT2D eigenvalue weighted by molar-refractivity contribution is -0.116. The van der Waals surface area contributed by atoms with Crippen molar-refractivity contribution < 1.29 is 4.79 Å². The zero-order valence-electron chi connectivity index (χ0n) is 8.92. The summed E-state index contributed by atoms with van der Waals surface area (Å²) in [5.74, 6) is 1.15. The van der Waals surface area contributed by atoms with E-state index in [9.17, 15) is 4.79 Å². The quantitative estimate of drug-likeness (QED) is 0.771. The van der Waals surface area contributed by atoms with Crippen LogP contribution in [0.1, 0.15) is 32.8 Å². The van der Waals surface area contributed by atoms with Crippen molar-refractivity contribution in [2.75, 3.05) is 5.32 Å². The molecule has 0 unspecified atom stereocenters. The topological polar surface area (TPSA) is 57.8 Å². The highest BCUT2D eigenvalue weighted by Gasteiger charge is 2.08. The second kappa shape index (κ2) is 4.79. The Kier molecular flexibility index (Phi) is 3.68. The number of rotatable bonds is 4. The number of amides is 1. The van der Waals surface area contributed by atoms with Gasteiger partial charge in [0.25, 0.3) is 0 Å². The molecule has 0 aliphatic heterocycles. The van der Waals surface area contributed by atoms with Crippen LogP contribution in [0.25, 0.3) is 0 Å². The molecule has 0 aliphatic carbocycles. The lowest BCUT2D eigenvalue weighted by Crippen LogP contribution is -2.15. The van der Waals surface area contributed by atoms with E-state index in [0.29, 0.717) is 12.3 Å². The Hall–Kier alpha value is -1.32. The Morgan fingerprint density at radius 3 is 2.93 bits per heavy atom. The predicted molar refractivity (Wildman–Crippen MR) is 56.1 cm³/mol. The predicted octanol–water partition coefficient (Wildman–Crippen LogP) is 1.96. The molecule has 0 spiro atoms. The molecule has 0 aromatic carbocycles. The normalized spacial score (nSPS) is 10.6. The molecule has 1 rings (SSSR count). The van der Waals surface area contributed by atoms with Gasteiger partial charge in [-0.3, -0.25) is 9.89 Å². The zero-order valence-corrected chi connectivity index (χ0v) is 8.92. The van der Waals surface area contributed by atoms with Gasteiger partial charge in [0.15, 0.2) is 0 Å². The minimum absolute atomic E-state index is 0.0407. The minimum Gasteiger partial charge on any atom is -0.311 e. The second-order valence-corrected chi connectivity index (χ2v) is 3.77. The molecule has 1 aromatic heterocycles. The maximum Gasteiger partial charge on any atom is 0.225 e. The number of carbonyl (C=O) groups excluding carboxylic acids is 1. The summed E-state index contributed by atoms with van der Waals surface area (Å²) in [7, 11) is 0. The van der Waals surface area contributed by atoms with E-state index in [-0.39, 0.29) is 5.91 Å². The lowest BCUT2D eigenvalue weighted by Gasteiger charge is -2.06. The highest BCUT2D eigenvalue weighted by atomic mass is 16.1. The van der Waals surface area contributed by atoms with E-state index in [4.69, 9.17) is 0 Å². The van der Waals surface area contributed by atoms with Crippen molar-refractivity contribution >= 4 is 11.7 Å². The van der Waals surface area contributed by atoms with Gasteiger partial charge in [-0.15, -0.1) is 0 Å². The number of aryl methyl sites for hydroxylation is 1. The average molecular weight is 195 g/mol. The van der Waals surface area contributed by atoms with Gasteiger partial charge in [-0.2, -0.15) is 5.10 Å². The molecule has 4 heteroatoms. The Bertz CT molecular complexity index is 304. The third kappa shape index (κ3) is 2.87. The van der Waals surface area contributed by atoms with Gasteiger partial charge < -0.3 is 5.32 Å². The Morgan fingerprint density at radius 1 is 1.64 bits per heavy atom. The molecule has 0 fully saturated rings. The summed E-state index contributed by atoms with van der Waals surface area (Å²) in [6.07, 6.45) is 3.15. The van der Waals surface area contributed by atoms with Crippen LogP contribution in [-0.2, 0) is 11.2 Å². The number of aromatic nitrogens is 2. The van der Waals surface area contributed by atoms with E-state index in [2.05, 4.69) is 15.5 Å². The first-order chi connectivity index (χ1) is 6.63. The molecule has 1 aromatic rings. The van der Waals surface area contributed by atoms with Crippen molar-refractivity contribution in [3.05, 3.63) is 11.8 Å². The highest BCUT2D eigenvalue weighted by Crippen LogP contribution is 2.12. The third-order valence-corrected chi connectivity index (χ3v) is 1.96. The molecular weight excluding hydrogens is 178 g/mol. The van der Waals surface area contributed by atoms with Gasteiger partial charge in [-0.25, -0.2) is 0 Å². The number of hydrogen-bond donors (Lipinski definition) is 2. The minimum atomic E-state index is 0.0407. The fraction of sp³-hybridized carbons (Fsp3) is 0.600. The van der Waals surface area contributed by atoms with E-state index < -0.39 is 0 Å². The molecule has 1 heterocycles. The van der Waals surface area contributed by atoms with Crippen molar-refractivity contribution in [1.82, 2.24) is 10.2 Å². The first-order valence-electron chi connectivity index (χ1n) is 4.95. The summed E-state index contributed by atoms with van der Waals surface area (Å²) in [6, 6.07) is 0. The van der Waals surface area contributed by atoms with Crippen LogP contribution >= 0.6 is 0 Å². The van der Waals surface area contributed by atoms with E-state index in [1.807, 2.05) is 20.8 Å². The van der Waals surface area contributed by atoms with E-state index >= 15 is 0 Å². The fourth-order valence-electron chi connectivity index (χ4n) is 1.25. The summed E-state index contributed by atoms with van der Waals surface area (Å²) in [4.78, 5) is 11.4. The molecule has 0 radical (unpaired) electrons. The van der Waals surface area contributed by atoms with Crippen LogP contribution < -0.4 is 5.32 Å². The maximum absolute atomic E-state index is 11.4. The van der Waals surface area contributed by atoms with Gasteiger partial charge in [0, 0.05) is 12.0 Å². The first kappa shape index (κ1) is 10.8. The maximum atomic E-state index is 11.4. The lowest BCUT2D eigenvalue weighted by atomic mass is 10.1. The largest absolute Gasteiger partial charge is 0.311 e. The average Bonchev–Trinajstić information content (AvgIpc) is 2.50. The van der Waals surface area contributed by atoms with Crippen LogP contribution in [0.15, 0.2) is 6.20 Å².